The van der Waals surface area contributed by atoms with Gasteiger partial charge in [-0.15, -0.1) is 0 Å². The highest BCUT2D eigenvalue weighted by molar-refractivity contribution is 5.21. The van der Waals surface area contributed by atoms with Gasteiger partial charge in [0.05, 0.1) is 0 Å². The van der Waals surface area contributed by atoms with E-state index in [0.29, 0.717) is 12.0 Å². The van der Waals surface area contributed by atoms with Crippen molar-refractivity contribution in [2.24, 2.45) is 17.8 Å². The molecule has 1 fully saturated rings. The Morgan fingerprint density at radius 1 is 1.05 bits per heavy atom. The van der Waals surface area contributed by atoms with Crippen molar-refractivity contribution in [3.05, 3.63) is 35.9 Å². The fraction of sp³-hybridized carbons (Fsp3) is 0.684. The monoisotopic (exact) mass is 273 g/mol. The lowest BCUT2D eigenvalue weighted by Gasteiger charge is -2.39. The first-order valence-corrected chi connectivity index (χ1v) is 8.40. The van der Waals surface area contributed by atoms with Gasteiger partial charge >= 0.3 is 0 Å². The van der Waals surface area contributed by atoms with Crippen molar-refractivity contribution >= 4 is 0 Å². The average Bonchev–Trinajstić information content (AvgIpc) is 2.44. The Balaban J connectivity index is 2.13. The van der Waals surface area contributed by atoms with Gasteiger partial charge in [-0.2, -0.15) is 0 Å². The number of nitrogens with one attached hydrogen (secondary N) is 1. The van der Waals surface area contributed by atoms with Gasteiger partial charge in [-0.05, 0) is 55.0 Å². The molecule has 20 heavy (non-hydrogen) atoms. The van der Waals surface area contributed by atoms with E-state index in [2.05, 4.69) is 63.3 Å². The molecular weight excluding hydrogens is 242 g/mol. The summed E-state index contributed by atoms with van der Waals surface area (Å²) >= 11 is 0. The molecule has 0 spiro atoms. The second-order valence-electron chi connectivity index (χ2n) is 6.96. The second-order valence-corrected chi connectivity index (χ2v) is 6.96. The first kappa shape index (κ1) is 15.6. The van der Waals surface area contributed by atoms with Gasteiger partial charge in [0.15, 0.2) is 0 Å². The maximum Gasteiger partial charge on any atom is 0.0161 e. The molecular formula is C19H31N. The van der Waals surface area contributed by atoms with Gasteiger partial charge in [0.2, 0.25) is 0 Å². The minimum atomic E-state index is 0.596. The molecule has 0 bridgehead atoms. The van der Waals surface area contributed by atoms with Crippen LogP contribution in [-0.4, -0.2) is 12.6 Å². The Kier molecular flexibility index (Phi) is 5.65. The Hall–Kier alpha value is -0.820. The van der Waals surface area contributed by atoms with Crippen LogP contribution in [0.1, 0.15) is 58.4 Å². The molecule has 0 saturated heterocycles. The molecule has 0 aromatic heterocycles. The topological polar surface area (TPSA) is 12.0 Å². The predicted octanol–water partition coefficient (Wildman–Crippen LogP) is 4.84. The summed E-state index contributed by atoms with van der Waals surface area (Å²) in [6.07, 6.45) is 4.19. The Morgan fingerprint density at radius 2 is 1.65 bits per heavy atom. The average molecular weight is 273 g/mol. The molecule has 1 aromatic rings. The van der Waals surface area contributed by atoms with E-state index >= 15 is 0 Å². The quantitative estimate of drug-likeness (QED) is 0.809. The lowest BCUT2D eigenvalue weighted by molar-refractivity contribution is 0.165. The van der Waals surface area contributed by atoms with Gasteiger partial charge in [-0.3, -0.25) is 0 Å². The maximum atomic E-state index is 3.79. The summed E-state index contributed by atoms with van der Waals surface area (Å²) in [4.78, 5) is 0. The van der Waals surface area contributed by atoms with Gasteiger partial charge in [-0.25, -0.2) is 0 Å². The van der Waals surface area contributed by atoms with Crippen LogP contribution in [-0.2, 0) is 0 Å². The zero-order chi connectivity index (χ0) is 14.5. The number of rotatable bonds is 5. The normalized spacial score (nSPS) is 29.9. The molecule has 1 saturated carbocycles. The van der Waals surface area contributed by atoms with Crippen LogP contribution in [0.5, 0.6) is 0 Å². The van der Waals surface area contributed by atoms with E-state index < -0.39 is 0 Å². The van der Waals surface area contributed by atoms with E-state index in [0.717, 1.165) is 24.3 Å². The zero-order valence-corrected chi connectivity index (χ0v) is 13.6. The molecule has 4 atom stereocenters. The van der Waals surface area contributed by atoms with Gasteiger partial charge in [0.25, 0.3) is 0 Å². The smallest absolute Gasteiger partial charge is 0.0161 e. The van der Waals surface area contributed by atoms with Gasteiger partial charge in [-0.1, -0.05) is 58.0 Å². The maximum absolute atomic E-state index is 3.79. The molecule has 2 rings (SSSR count). The molecule has 0 aliphatic heterocycles. The highest BCUT2D eigenvalue weighted by atomic mass is 14.9. The molecule has 0 heterocycles. The molecule has 1 N–H and O–H groups in total. The molecule has 1 aliphatic rings. The number of hydrogen-bond donors (Lipinski definition) is 1. The fourth-order valence-electron chi connectivity index (χ4n) is 4.25. The van der Waals surface area contributed by atoms with E-state index in [1.807, 2.05) is 0 Å². The Labute approximate surface area is 125 Å². The van der Waals surface area contributed by atoms with Crippen molar-refractivity contribution in [3.8, 4) is 0 Å². The van der Waals surface area contributed by atoms with Crippen LogP contribution in [0, 0.1) is 17.8 Å². The summed E-state index contributed by atoms with van der Waals surface area (Å²) in [6.45, 7) is 10.6. The van der Waals surface area contributed by atoms with Crippen LogP contribution < -0.4 is 5.32 Å². The summed E-state index contributed by atoms with van der Waals surface area (Å²) in [6, 6.07) is 11.6. The molecule has 0 radical (unpaired) electrons. The molecule has 1 aromatic carbocycles. The lowest BCUT2D eigenvalue weighted by Crippen LogP contribution is -2.43. The molecule has 1 heteroatoms. The van der Waals surface area contributed by atoms with Crippen LogP contribution in [0.4, 0.5) is 0 Å². The first-order valence-electron chi connectivity index (χ1n) is 8.40. The van der Waals surface area contributed by atoms with E-state index in [-0.39, 0.29) is 0 Å². The van der Waals surface area contributed by atoms with Crippen molar-refractivity contribution in [1.29, 1.82) is 0 Å². The van der Waals surface area contributed by atoms with Crippen LogP contribution >= 0.6 is 0 Å². The minimum absolute atomic E-state index is 0.596. The lowest BCUT2D eigenvalue weighted by atomic mass is 9.70. The summed E-state index contributed by atoms with van der Waals surface area (Å²) in [5, 5.41) is 3.79. The van der Waals surface area contributed by atoms with Crippen LogP contribution in [0.2, 0.25) is 0 Å². The second kappa shape index (κ2) is 7.26. The third-order valence-electron chi connectivity index (χ3n) is 5.03. The highest BCUT2D eigenvalue weighted by Crippen LogP contribution is 2.38. The third kappa shape index (κ3) is 3.85. The van der Waals surface area contributed by atoms with Crippen molar-refractivity contribution < 1.29 is 0 Å². The van der Waals surface area contributed by atoms with E-state index in [1.165, 1.54) is 24.8 Å². The largest absolute Gasteiger partial charge is 0.313 e. The SMILES string of the molecule is CCNC(C1CC(C)CC(C)C1)C(C)c1ccccc1. The van der Waals surface area contributed by atoms with Crippen molar-refractivity contribution in [2.45, 2.75) is 58.9 Å². The summed E-state index contributed by atoms with van der Waals surface area (Å²) in [5.74, 6) is 3.18. The van der Waals surface area contributed by atoms with Crippen LogP contribution in [0.3, 0.4) is 0 Å². The first-order chi connectivity index (χ1) is 9.61. The summed E-state index contributed by atoms with van der Waals surface area (Å²) in [7, 11) is 0. The van der Waals surface area contributed by atoms with Crippen LogP contribution in [0.15, 0.2) is 30.3 Å². The third-order valence-corrected chi connectivity index (χ3v) is 5.03. The molecule has 1 nitrogen and oxygen atoms in total. The molecule has 1 aliphatic carbocycles. The minimum Gasteiger partial charge on any atom is -0.313 e. The molecule has 0 amide bonds. The Bertz CT molecular complexity index is 376. The number of hydrogen-bond acceptors (Lipinski definition) is 1. The number of likely N-dealkylation sites (N-methyl/N-ethyl adjacent to an activating group) is 1. The van der Waals surface area contributed by atoms with Gasteiger partial charge in [0, 0.05) is 6.04 Å². The standard InChI is InChI=1S/C19H31N/c1-5-20-19(16(4)17-9-7-6-8-10-17)18-12-14(2)11-15(3)13-18/h6-10,14-16,18-20H,5,11-13H2,1-4H3. The van der Waals surface area contributed by atoms with Crippen molar-refractivity contribution in [3.63, 3.8) is 0 Å². The molecule has 4 unspecified atom stereocenters. The van der Waals surface area contributed by atoms with E-state index in [4.69, 9.17) is 0 Å². The Morgan fingerprint density at radius 3 is 2.20 bits per heavy atom. The van der Waals surface area contributed by atoms with Crippen molar-refractivity contribution in [2.75, 3.05) is 6.54 Å². The van der Waals surface area contributed by atoms with Crippen LogP contribution in [0.25, 0.3) is 0 Å². The zero-order valence-electron chi connectivity index (χ0n) is 13.6. The molecule has 112 valence electrons. The highest BCUT2D eigenvalue weighted by Gasteiger charge is 2.32. The van der Waals surface area contributed by atoms with Gasteiger partial charge < -0.3 is 5.32 Å². The predicted molar refractivity (Wildman–Crippen MR) is 88.0 cm³/mol. The summed E-state index contributed by atoms with van der Waals surface area (Å²) < 4.78 is 0. The summed E-state index contributed by atoms with van der Waals surface area (Å²) in [5.41, 5.74) is 1.48. The van der Waals surface area contributed by atoms with E-state index in [9.17, 15) is 0 Å². The van der Waals surface area contributed by atoms with E-state index in [1.54, 1.807) is 0 Å². The fourth-order valence-corrected chi connectivity index (χ4v) is 4.25. The number of benzene rings is 1. The van der Waals surface area contributed by atoms with Gasteiger partial charge in [0.1, 0.15) is 0 Å². The van der Waals surface area contributed by atoms with Crippen molar-refractivity contribution in [1.82, 2.24) is 5.32 Å².